The number of carbonyl (C=O) groups excluding carboxylic acids is 2. The highest BCUT2D eigenvalue weighted by atomic mass is 32.2. The van der Waals surface area contributed by atoms with Crippen molar-refractivity contribution in [3.05, 3.63) is 36.9 Å². The number of amides is 2. The maximum Gasteiger partial charge on any atom is 0.243 e. The molecule has 2 amide bonds. The summed E-state index contributed by atoms with van der Waals surface area (Å²) in [4.78, 5) is 23.3. The molecule has 3 rings (SSSR count). The largest absolute Gasteiger partial charge is 0.395 e. The summed E-state index contributed by atoms with van der Waals surface area (Å²) >= 11 is 0. The van der Waals surface area contributed by atoms with Gasteiger partial charge >= 0.3 is 0 Å². The fourth-order valence-corrected chi connectivity index (χ4v) is 4.82. The molecule has 1 heterocycles. The normalized spacial score (nSPS) is 23.0. The average molecular weight is 393 g/mol. The number of nitrogens with zero attached hydrogens (tertiary/aromatic N) is 1. The number of rotatable bonds is 7. The first-order valence-corrected chi connectivity index (χ1v) is 10.3. The number of aliphatic hydroxyl groups excluding tert-OH is 1. The number of hydrogen-bond acceptors (Lipinski definition) is 5. The van der Waals surface area contributed by atoms with Crippen LogP contribution >= 0.6 is 0 Å². The molecule has 0 aromatic heterocycles. The fraction of sp³-hybridized carbons (Fsp3) is 0.444. The Balaban J connectivity index is 1.73. The van der Waals surface area contributed by atoms with Crippen LogP contribution in [0.5, 0.6) is 0 Å². The van der Waals surface area contributed by atoms with Gasteiger partial charge in [-0.2, -0.15) is 4.31 Å². The number of anilines is 1. The van der Waals surface area contributed by atoms with Crippen LogP contribution in [0.3, 0.4) is 0 Å². The van der Waals surface area contributed by atoms with E-state index in [-0.39, 0.29) is 41.8 Å². The second kappa shape index (κ2) is 7.79. The Morgan fingerprint density at radius 2 is 1.93 bits per heavy atom. The minimum atomic E-state index is -3.84. The average Bonchev–Trinajstić information content (AvgIpc) is 3.42. The molecule has 0 bridgehead atoms. The van der Waals surface area contributed by atoms with Crippen LogP contribution in [-0.4, -0.2) is 54.9 Å². The second-order valence-electron chi connectivity index (χ2n) is 6.84. The zero-order valence-corrected chi connectivity index (χ0v) is 15.6. The highest BCUT2D eigenvalue weighted by Crippen LogP contribution is 2.31. The third-order valence-corrected chi connectivity index (χ3v) is 6.72. The van der Waals surface area contributed by atoms with E-state index in [1.54, 1.807) is 12.1 Å². The monoisotopic (exact) mass is 393 g/mol. The van der Waals surface area contributed by atoms with E-state index < -0.39 is 16.1 Å². The van der Waals surface area contributed by atoms with E-state index in [1.807, 2.05) is 0 Å². The van der Waals surface area contributed by atoms with Crippen molar-refractivity contribution in [2.24, 2.45) is 5.92 Å². The SMILES string of the molecule is C=CC(=O)NC1CC(CO)N(S(=O)(=O)c2ccc(NC(=O)C3CC3)cc2)C1. The summed E-state index contributed by atoms with van der Waals surface area (Å²) in [5.74, 6) is -0.371. The molecule has 146 valence electrons. The summed E-state index contributed by atoms with van der Waals surface area (Å²) < 4.78 is 27.1. The van der Waals surface area contributed by atoms with Gasteiger partial charge in [-0.15, -0.1) is 0 Å². The van der Waals surface area contributed by atoms with Crippen LogP contribution < -0.4 is 10.6 Å². The summed E-state index contributed by atoms with van der Waals surface area (Å²) in [7, 11) is -3.84. The molecule has 27 heavy (non-hydrogen) atoms. The van der Waals surface area contributed by atoms with E-state index in [4.69, 9.17) is 0 Å². The van der Waals surface area contributed by atoms with Gasteiger partial charge in [0, 0.05) is 24.2 Å². The van der Waals surface area contributed by atoms with Crippen molar-refractivity contribution < 1.29 is 23.1 Å². The van der Waals surface area contributed by atoms with Crippen LogP contribution in [0.1, 0.15) is 19.3 Å². The standard InChI is InChI=1S/C18H23N3O5S/c1-2-17(23)19-14-9-15(11-22)21(10-14)27(25,26)16-7-5-13(6-8-16)20-18(24)12-3-4-12/h2,5-8,12,14-15,22H,1,3-4,9-11H2,(H,19,23)(H,20,24). The van der Waals surface area contributed by atoms with E-state index >= 15 is 0 Å². The molecule has 1 aromatic rings. The maximum atomic E-state index is 13.0. The number of hydrogen-bond donors (Lipinski definition) is 3. The third kappa shape index (κ3) is 4.37. The lowest BCUT2D eigenvalue weighted by atomic mass is 10.2. The molecule has 3 N–H and O–H groups in total. The third-order valence-electron chi connectivity index (χ3n) is 4.78. The van der Waals surface area contributed by atoms with Gasteiger partial charge in [0.1, 0.15) is 0 Å². The van der Waals surface area contributed by atoms with E-state index in [0.29, 0.717) is 12.1 Å². The number of sulfonamides is 1. The fourth-order valence-electron chi connectivity index (χ4n) is 3.15. The first-order chi connectivity index (χ1) is 12.8. The molecular formula is C18H23N3O5S. The Morgan fingerprint density at radius 3 is 2.48 bits per heavy atom. The van der Waals surface area contributed by atoms with Gasteiger partial charge in [0.25, 0.3) is 0 Å². The molecule has 2 unspecified atom stereocenters. The molecule has 1 aromatic carbocycles. The highest BCUT2D eigenvalue weighted by molar-refractivity contribution is 7.89. The van der Waals surface area contributed by atoms with E-state index in [1.165, 1.54) is 16.4 Å². The van der Waals surface area contributed by atoms with Crippen molar-refractivity contribution in [1.82, 2.24) is 9.62 Å². The number of carbonyl (C=O) groups is 2. The second-order valence-corrected chi connectivity index (χ2v) is 8.73. The van der Waals surface area contributed by atoms with E-state index in [9.17, 15) is 23.1 Å². The van der Waals surface area contributed by atoms with Gasteiger partial charge in [-0.3, -0.25) is 9.59 Å². The van der Waals surface area contributed by atoms with Gasteiger partial charge < -0.3 is 15.7 Å². The molecule has 1 aliphatic heterocycles. The zero-order chi connectivity index (χ0) is 19.6. The molecule has 1 aliphatic carbocycles. The molecule has 9 heteroatoms. The van der Waals surface area contributed by atoms with Crippen molar-refractivity contribution in [2.75, 3.05) is 18.5 Å². The van der Waals surface area contributed by atoms with E-state index in [0.717, 1.165) is 18.9 Å². The molecule has 2 atom stereocenters. The summed E-state index contributed by atoms with van der Waals surface area (Å²) in [5.41, 5.74) is 0.544. The first-order valence-electron chi connectivity index (χ1n) is 8.81. The first kappa shape index (κ1) is 19.5. The van der Waals surface area contributed by atoms with Crippen molar-refractivity contribution in [2.45, 2.75) is 36.2 Å². The lowest BCUT2D eigenvalue weighted by Gasteiger charge is -2.22. The lowest BCUT2D eigenvalue weighted by Crippen LogP contribution is -2.39. The lowest BCUT2D eigenvalue weighted by molar-refractivity contribution is -0.118. The minimum Gasteiger partial charge on any atom is -0.395 e. The van der Waals surface area contributed by atoms with Crippen LogP contribution in [0, 0.1) is 5.92 Å². The molecule has 8 nitrogen and oxygen atoms in total. The van der Waals surface area contributed by atoms with Crippen molar-refractivity contribution in [1.29, 1.82) is 0 Å². The molecule has 2 fully saturated rings. The molecule has 1 saturated carbocycles. The quantitative estimate of drug-likeness (QED) is 0.582. The van der Waals surface area contributed by atoms with Crippen molar-refractivity contribution >= 4 is 27.5 Å². The predicted octanol–water partition coefficient (Wildman–Crippen LogP) is 0.461. The van der Waals surface area contributed by atoms with Crippen LogP contribution in [0.25, 0.3) is 0 Å². The van der Waals surface area contributed by atoms with E-state index in [2.05, 4.69) is 17.2 Å². The number of benzene rings is 1. The Labute approximate surface area is 158 Å². The van der Waals surface area contributed by atoms with Crippen LogP contribution in [0.4, 0.5) is 5.69 Å². The Bertz CT molecular complexity index is 833. The molecular weight excluding hydrogens is 370 g/mol. The van der Waals surface area contributed by atoms with Gasteiger partial charge in [-0.1, -0.05) is 6.58 Å². The topological polar surface area (TPSA) is 116 Å². The van der Waals surface area contributed by atoms with Crippen LogP contribution in [0.2, 0.25) is 0 Å². The molecule has 0 spiro atoms. The molecule has 1 saturated heterocycles. The predicted molar refractivity (Wildman–Crippen MR) is 99.3 cm³/mol. The molecule has 0 radical (unpaired) electrons. The number of nitrogens with one attached hydrogen (secondary N) is 2. The van der Waals surface area contributed by atoms with Gasteiger partial charge in [0.05, 0.1) is 17.5 Å². The van der Waals surface area contributed by atoms with Crippen LogP contribution in [0.15, 0.2) is 41.8 Å². The highest BCUT2D eigenvalue weighted by Gasteiger charge is 2.40. The van der Waals surface area contributed by atoms with Gasteiger partial charge in [0.15, 0.2) is 0 Å². The van der Waals surface area contributed by atoms with Crippen molar-refractivity contribution in [3.8, 4) is 0 Å². The summed E-state index contributed by atoms with van der Waals surface area (Å²) in [6.45, 7) is 3.12. The zero-order valence-electron chi connectivity index (χ0n) is 14.8. The summed E-state index contributed by atoms with van der Waals surface area (Å²) in [5, 5.41) is 15.0. The van der Waals surface area contributed by atoms with Crippen LogP contribution in [-0.2, 0) is 19.6 Å². The Hall–Kier alpha value is -2.23. The minimum absolute atomic E-state index is 0.0497. The Kier molecular flexibility index (Phi) is 5.64. The summed E-state index contributed by atoms with van der Waals surface area (Å²) in [6.07, 6.45) is 3.23. The smallest absolute Gasteiger partial charge is 0.243 e. The van der Waals surface area contributed by atoms with Crippen molar-refractivity contribution in [3.63, 3.8) is 0 Å². The maximum absolute atomic E-state index is 13.0. The molecule has 2 aliphatic rings. The van der Waals surface area contributed by atoms with Gasteiger partial charge in [-0.05, 0) is 49.6 Å². The van der Waals surface area contributed by atoms with Gasteiger partial charge in [-0.25, -0.2) is 8.42 Å². The van der Waals surface area contributed by atoms with Gasteiger partial charge in [0.2, 0.25) is 21.8 Å². The number of aliphatic hydroxyl groups is 1. The summed E-state index contributed by atoms with van der Waals surface area (Å²) in [6, 6.07) is 4.96. The Morgan fingerprint density at radius 1 is 1.26 bits per heavy atom.